The molecule has 0 saturated heterocycles. The van der Waals surface area contributed by atoms with Crippen molar-refractivity contribution in [2.75, 3.05) is 0 Å². The maximum absolute atomic E-state index is 11.7. The molecule has 0 aliphatic heterocycles. The number of hydrogen-bond acceptors (Lipinski definition) is 3. The van der Waals surface area contributed by atoms with Gasteiger partial charge in [-0.3, -0.25) is 9.78 Å². The zero-order valence-corrected chi connectivity index (χ0v) is 9.16. The minimum absolute atomic E-state index is 0.139. The molecule has 1 atom stereocenters. The van der Waals surface area contributed by atoms with Crippen molar-refractivity contribution >= 4 is 5.91 Å². The molecule has 1 aromatic heterocycles. The molecule has 0 saturated carbocycles. The van der Waals surface area contributed by atoms with Gasteiger partial charge in [-0.05, 0) is 31.0 Å². The number of rotatable bonds is 4. The average Bonchev–Trinajstić information content (AvgIpc) is 2.28. The molecule has 0 spiro atoms. The Kier molecular flexibility index (Phi) is 4.24. The first-order valence-electron chi connectivity index (χ1n) is 5.13. The number of nitrogens with two attached hydrogens (primary N) is 1. The number of amides is 1. The normalized spacial score (nSPS) is 12.2. The van der Waals surface area contributed by atoms with Crippen molar-refractivity contribution in [3.8, 4) is 0 Å². The van der Waals surface area contributed by atoms with Crippen molar-refractivity contribution < 1.29 is 4.79 Å². The lowest BCUT2D eigenvalue weighted by atomic mass is 10.2. The summed E-state index contributed by atoms with van der Waals surface area (Å²) < 4.78 is 0. The Morgan fingerprint density at radius 3 is 3.00 bits per heavy atom. The highest BCUT2D eigenvalue weighted by Gasteiger charge is 2.09. The SMILES string of the molecule is CC[C@H](C)NC(=O)c1cc(CN)ccn1. The number of nitrogens with one attached hydrogen (secondary N) is 1. The number of aromatic nitrogens is 1. The van der Waals surface area contributed by atoms with Crippen LogP contribution < -0.4 is 11.1 Å². The van der Waals surface area contributed by atoms with Crippen LogP contribution in [0.3, 0.4) is 0 Å². The molecule has 0 radical (unpaired) electrons. The largest absolute Gasteiger partial charge is 0.348 e. The zero-order valence-electron chi connectivity index (χ0n) is 9.16. The first kappa shape index (κ1) is 11.7. The minimum Gasteiger partial charge on any atom is -0.348 e. The van der Waals surface area contributed by atoms with E-state index in [1.165, 1.54) is 0 Å². The van der Waals surface area contributed by atoms with Gasteiger partial charge in [-0.2, -0.15) is 0 Å². The van der Waals surface area contributed by atoms with Crippen LogP contribution in [0.25, 0.3) is 0 Å². The summed E-state index contributed by atoms with van der Waals surface area (Å²) in [5, 5.41) is 2.85. The second-order valence-electron chi connectivity index (χ2n) is 3.54. The fraction of sp³-hybridized carbons (Fsp3) is 0.455. The third-order valence-electron chi connectivity index (χ3n) is 2.28. The molecule has 0 aliphatic rings. The monoisotopic (exact) mass is 207 g/mol. The molecule has 1 rings (SSSR count). The number of carbonyl (C=O) groups is 1. The van der Waals surface area contributed by atoms with Crippen LogP contribution in [-0.4, -0.2) is 16.9 Å². The fourth-order valence-corrected chi connectivity index (χ4v) is 1.13. The van der Waals surface area contributed by atoms with Crippen molar-refractivity contribution in [2.24, 2.45) is 5.73 Å². The van der Waals surface area contributed by atoms with Crippen LogP contribution in [-0.2, 0) is 6.54 Å². The molecule has 82 valence electrons. The Bertz CT molecular complexity index is 338. The predicted molar refractivity (Wildman–Crippen MR) is 59.3 cm³/mol. The summed E-state index contributed by atoms with van der Waals surface area (Å²) >= 11 is 0. The quantitative estimate of drug-likeness (QED) is 0.776. The van der Waals surface area contributed by atoms with Crippen LogP contribution in [0, 0.1) is 0 Å². The second kappa shape index (κ2) is 5.46. The molecule has 0 aromatic carbocycles. The molecule has 3 N–H and O–H groups in total. The molecule has 1 heterocycles. The smallest absolute Gasteiger partial charge is 0.270 e. The Morgan fingerprint density at radius 2 is 2.40 bits per heavy atom. The second-order valence-corrected chi connectivity index (χ2v) is 3.54. The van der Waals surface area contributed by atoms with E-state index >= 15 is 0 Å². The first-order chi connectivity index (χ1) is 7.17. The zero-order chi connectivity index (χ0) is 11.3. The minimum atomic E-state index is -0.139. The van der Waals surface area contributed by atoms with E-state index in [1.807, 2.05) is 13.8 Å². The van der Waals surface area contributed by atoms with Gasteiger partial charge >= 0.3 is 0 Å². The lowest BCUT2D eigenvalue weighted by Gasteiger charge is -2.10. The highest BCUT2D eigenvalue weighted by molar-refractivity contribution is 5.92. The van der Waals surface area contributed by atoms with Gasteiger partial charge in [0.2, 0.25) is 0 Å². The predicted octanol–water partition coefficient (Wildman–Crippen LogP) is 1.07. The Labute approximate surface area is 89.9 Å². The summed E-state index contributed by atoms with van der Waals surface area (Å²) in [6.07, 6.45) is 2.51. The molecule has 0 bridgehead atoms. The van der Waals surface area contributed by atoms with Crippen LogP contribution in [0.1, 0.15) is 36.3 Å². The van der Waals surface area contributed by atoms with Gasteiger partial charge < -0.3 is 11.1 Å². The van der Waals surface area contributed by atoms with Gasteiger partial charge in [0.05, 0.1) is 0 Å². The summed E-state index contributed by atoms with van der Waals surface area (Å²) in [5.41, 5.74) is 6.83. The van der Waals surface area contributed by atoms with E-state index in [2.05, 4.69) is 10.3 Å². The standard InChI is InChI=1S/C11H17N3O/c1-3-8(2)14-11(15)10-6-9(7-12)4-5-13-10/h4-6,8H,3,7,12H2,1-2H3,(H,14,15)/t8-/m0/s1. The fourth-order valence-electron chi connectivity index (χ4n) is 1.13. The topological polar surface area (TPSA) is 68.0 Å². The van der Waals surface area contributed by atoms with Crippen LogP contribution in [0.4, 0.5) is 0 Å². The molecule has 1 amide bonds. The average molecular weight is 207 g/mol. The maximum atomic E-state index is 11.7. The van der Waals surface area contributed by atoms with Crippen molar-refractivity contribution in [3.05, 3.63) is 29.6 Å². The van der Waals surface area contributed by atoms with E-state index in [0.29, 0.717) is 12.2 Å². The number of carbonyl (C=O) groups excluding carboxylic acids is 1. The Hall–Kier alpha value is -1.42. The van der Waals surface area contributed by atoms with E-state index in [0.717, 1.165) is 12.0 Å². The molecular formula is C11H17N3O. The summed E-state index contributed by atoms with van der Waals surface area (Å²) in [6.45, 7) is 4.41. The Balaban J connectivity index is 2.73. The third kappa shape index (κ3) is 3.32. The number of hydrogen-bond donors (Lipinski definition) is 2. The van der Waals surface area contributed by atoms with E-state index in [9.17, 15) is 4.79 Å². The molecule has 1 aromatic rings. The van der Waals surface area contributed by atoms with Crippen LogP contribution in [0.5, 0.6) is 0 Å². The van der Waals surface area contributed by atoms with Crippen molar-refractivity contribution in [1.29, 1.82) is 0 Å². The van der Waals surface area contributed by atoms with Gasteiger partial charge in [0.15, 0.2) is 0 Å². The lowest BCUT2D eigenvalue weighted by molar-refractivity contribution is 0.0934. The molecule has 0 fully saturated rings. The summed E-state index contributed by atoms with van der Waals surface area (Å²) in [7, 11) is 0. The molecular weight excluding hydrogens is 190 g/mol. The molecule has 4 nitrogen and oxygen atoms in total. The van der Waals surface area contributed by atoms with E-state index in [1.54, 1.807) is 18.3 Å². The van der Waals surface area contributed by atoms with E-state index in [-0.39, 0.29) is 11.9 Å². The van der Waals surface area contributed by atoms with Crippen molar-refractivity contribution in [1.82, 2.24) is 10.3 Å². The summed E-state index contributed by atoms with van der Waals surface area (Å²) in [5.74, 6) is -0.139. The summed E-state index contributed by atoms with van der Waals surface area (Å²) in [6, 6.07) is 3.69. The molecule has 0 unspecified atom stereocenters. The highest BCUT2D eigenvalue weighted by Crippen LogP contribution is 2.01. The van der Waals surface area contributed by atoms with E-state index in [4.69, 9.17) is 5.73 Å². The summed E-state index contributed by atoms with van der Waals surface area (Å²) in [4.78, 5) is 15.7. The number of pyridine rings is 1. The van der Waals surface area contributed by atoms with Gasteiger partial charge in [-0.1, -0.05) is 6.92 Å². The Morgan fingerprint density at radius 1 is 1.67 bits per heavy atom. The first-order valence-corrected chi connectivity index (χ1v) is 5.13. The lowest BCUT2D eigenvalue weighted by Crippen LogP contribution is -2.32. The molecule has 0 aliphatic carbocycles. The van der Waals surface area contributed by atoms with Gasteiger partial charge in [0.1, 0.15) is 5.69 Å². The van der Waals surface area contributed by atoms with Gasteiger partial charge in [-0.15, -0.1) is 0 Å². The maximum Gasteiger partial charge on any atom is 0.270 e. The van der Waals surface area contributed by atoms with Gasteiger partial charge in [-0.25, -0.2) is 0 Å². The van der Waals surface area contributed by atoms with Gasteiger partial charge in [0, 0.05) is 18.8 Å². The molecule has 15 heavy (non-hydrogen) atoms. The number of nitrogens with zero attached hydrogens (tertiary/aromatic N) is 1. The highest BCUT2D eigenvalue weighted by atomic mass is 16.1. The van der Waals surface area contributed by atoms with Crippen LogP contribution >= 0.6 is 0 Å². The van der Waals surface area contributed by atoms with Crippen molar-refractivity contribution in [2.45, 2.75) is 32.9 Å². The van der Waals surface area contributed by atoms with Gasteiger partial charge in [0.25, 0.3) is 5.91 Å². The van der Waals surface area contributed by atoms with Crippen LogP contribution in [0.15, 0.2) is 18.3 Å². The van der Waals surface area contributed by atoms with Crippen molar-refractivity contribution in [3.63, 3.8) is 0 Å². The van der Waals surface area contributed by atoms with Crippen LogP contribution in [0.2, 0.25) is 0 Å². The third-order valence-corrected chi connectivity index (χ3v) is 2.28. The van der Waals surface area contributed by atoms with E-state index < -0.39 is 0 Å². The molecule has 4 heteroatoms.